The number of nitriles is 1. The van der Waals surface area contributed by atoms with Crippen molar-refractivity contribution < 1.29 is 9.18 Å². The van der Waals surface area contributed by atoms with E-state index in [1.54, 1.807) is 0 Å². The summed E-state index contributed by atoms with van der Waals surface area (Å²) in [7, 11) is 0. The number of hydrogen-bond donors (Lipinski definition) is 2. The van der Waals surface area contributed by atoms with Crippen LogP contribution in [0.5, 0.6) is 0 Å². The molecule has 0 saturated heterocycles. The molecule has 1 aliphatic rings. The maximum absolute atomic E-state index is 12.9. The van der Waals surface area contributed by atoms with Gasteiger partial charge in [0, 0.05) is 6.04 Å². The standard InChI is InChI=1S/C12H12FN3O/c13-9-1-4-11(8(5-9)6-14)15-7-12(17)16-10-2-3-10/h1,4-5,10,15H,2-3,7H2,(H,16,17). The highest BCUT2D eigenvalue weighted by Gasteiger charge is 2.22. The van der Waals surface area contributed by atoms with Gasteiger partial charge in [0.1, 0.15) is 11.9 Å². The number of halogens is 1. The normalized spacial score (nSPS) is 13.9. The molecule has 0 aromatic heterocycles. The lowest BCUT2D eigenvalue weighted by molar-refractivity contribution is -0.119. The van der Waals surface area contributed by atoms with E-state index in [0.29, 0.717) is 11.7 Å². The van der Waals surface area contributed by atoms with Crippen molar-refractivity contribution in [1.29, 1.82) is 5.26 Å². The predicted octanol–water partition coefficient (Wildman–Crippen LogP) is 1.39. The van der Waals surface area contributed by atoms with E-state index < -0.39 is 5.82 Å². The highest BCUT2D eigenvalue weighted by Crippen LogP contribution is 2.18. The summed E-state index contributed by atoms with van der Waals surface area (Å²) >= 11 is 0. The molecule has 0 radical (unpaired) electrons. The molecule has 88 valence electrons. The van der Waals surface area contributed by atoms with Crippen molar-refractivity contribution in [3.05, 3.63) is 29.6 Å². The number of nitrogens with one attached hydrogen (secondary N) is 2. The number of nitrogens with zero attached hydrogens (tertiary/aromatic N) is 1. The van der Waals surface area contributed by atoms with E-state index in [0.717, 1.165) is 18.9 Å². The van der Waals surface area contributed by atoms with Crippen LogP contribution in [0.1, 0.15) is 18.4 Å². The molecule has 0 unspecified atom stereocenters. The van der Waals surface area contributed by atoms with Gasteiger partial charge in [0.05, 0.1) is 17.8 Å². The summed E-state index contributed by atoms with van der Waals surface area (Å²) in [5.41, 5.74) is 0.670. The van der Waals surface area contributed by atoms with Crippen LogP contribution in [0.3, 0.4) is 0 Å². The van der Waals surface area contributed by atoms with Gasteiger partial charge in [0.2, 0.25) is 5.91 Å². The Morgan fingerprint density at radius 3 is 2.94 bits per heavy atom. The number of carbonyl (C=O) groups excluding carboxylic acids is 1. The molecule has 0 atom stereocenters. The Balaban J connectivity index is 1.93. The molecule has 2 N–H and O–H groups in total. The lowest BCUT2D eigenvalue weighted by Gasteiger charge is -2.08. The minimum atomic E-state index is -0.463. The minimum Gasteiger partial charge on any atom is -0.375 e. The molecule has 1 fully saturated rings. The molecule has 5 heteroatoms. The van der Waals surface area contributed by atoms with Crippen molar-refractivity contribution in [3.8, 4) is 6.07 Å². The SMILES string of the molecule is N#Cc1cc(F)ccc1NCC(=O)NC1CC1. The van der Waals surface area contributed by atoms with Crippen molar-refractivity contribution in [1.82, 2.24) is 5.32 Å². The number of rotatable bonds is 4. The zero-order valence-corrected chi connectivity index (χ0v) is 9.16. The zero-order valence-electron chi connectivity index (χ0n) is 9.16. The first kappa shape index (κ1) is 11.4. The van der Waals surface area contributed by atoms with Crippen LogP contribution >= 0.6 is 0 Å². The predicted molar refractivity (Wildman–Crippen MR) is 60.8 cm³/mol. The number of amides is 1. The molecule has 0 spiro atoms. The summed E-state index contributed by atoms with van der Waals surface area (Å²) in [6.07, 6.45) is 2.07. The summed E-state index contributed by atoms with van der Waals surface area (Å²) in [5, 5.41) is 14.4. The molecule has 17 heavy (non-hydrogen) atoms. The van der Waals surface area contributed by atoms with Crippen LogP contribution in [-0.4, -0.2) is 18.5 Å². The Bertz CT molecular complexity index is 477. The van der Waals surface area contributed by atoms with E-state index in [1.165, 1.54) is 12.1 Å². The Morgan fingerprint density at radius 1 is 1.53 bits per heavy atom. The van der Waals surface area contributed by atoms with Gasteiger partial charge in [-0.05, 0) is 31.0 Å². The van der Waals surface area contributed by atoms with Gasteiger partial charge in [-0.3, -0.25) is 4.79 Å². The van der Waals surface area contributed by atoms with E-state index in [-0.39, 0.29) is 18.0 Å². The topological polar surface area (TPSA) is 64.9 Å². The van der Waals surface area contributed by atoms with Gasteiger partial charge in [0.15, 0.2) is 0 Å². The third-order valence-electron chi connectivity index (χ3n) is 2.48. The molecular weight excluding hydrogens is 221 g/mol. The molecular formula is C12H12FN3O. The molecule has 0 bridgehead atoms. The third-order valence-corrected chi connectivity index (χ3v) is 2.48. The lowest BCUT2D eigenvalue weighted by atomic mass is 10.2. The fourth-order valence-corrected chi connectivity index (χ4v) is 1.45. The summed E-state index contributed by atoms with van der Waals surface area (Å²) in [5.74, 6) is -0.574. The minimum absolute atomic E-state index is 0.0941. The molecule has 1 aromatic carbocycles. The van der Waals surface area contributed by atoms with Crippen molar-refractivity contribution in [3.63, 3.8) is 0 Å². The number of anilines is 1. The van der Waals surface area contributed by atoms with Crippen LogP contribution in [-0.2, 0) is 4.79 Å². The van der Waals surface area contributed by atoms with Crippen molar-refractivity contribution >= 4 is 11.6 Å². The maximum Gasteiger partial charge on any atom is 0.239 e. The van der Waals surface area contributed by atoms with Gasteiger partial charge >= 0.3 is 0 Å². The van der Waals surface area contributed by atoms with E-state index >= 15 is 0 Å². The third kappa shape index (κ3) is 3.18. The van der Waals surface area contributed by atoms with Crippen LogP contribution in [0.2, 0.25) is 0 Å². The Labute approximate surface area is 98.4 Å². The monoisotopic (exact) mass is 233 g/mol. The average molecular weight is 233 g/mol. The first-order chi connectivity index (χ1) is 8.19. The van der Waals surface area contributed by atoms with Crippen LogP contribution in [0.15, 0.2) is 18.2 Å². The van der Waals surface area contributed by atoms with Crippen molar-refractivity contribution in [2.24, 2.45) is 0 Å². The van der Waals surface area contributed by atoms with Gasteiger partial charge in [-0.1, -0.05) is 0 Å². The molecule has 1 saturated carbocycles. The number of carbonyl (C=O) groups is 1. The van der Waals surface area contributed by atoms with Crippen molar-refractivity contribution in [2.75, 3.05) is 11.9 Å². The molecule has 1 aliphatic carbocycles. The molecule has 4 nitrogen and oxygen atoms in total. The van der Waals surface area contributed by atoms with Gasteiger partial charge in [0.25, 0.3) is 0 Å². The first-order valence-electron chi connectivity index (χ1n) is 5.42. The van der Waals surface area contributed by atoms with Crippen LogP contribution in [0.25, 0.3) is 0 Å². The second-order valence-corrected chi connectivity index (χ2v) is 4.00. The van der Waals surface area contributed by atoms with Crippen molar-refractivity contribution in [2.45, 2.75) is 18.9 Å². The van der Waals surface area contributed by atoms with E-state index in [9.17, 15) is 9.18 Å². The highest BCUT2D eigenvalue weighted by molar-refractivity contribution is 5.81. The van der Waals surface area contributed by atoms with E-state index in [2.05, 4.69) is 10.6 Å². The van der Waals surface area contributed by atoms with Gasteiger partial charge in [-0.15, -0.1) is 0 Å². The largest absolute Gasteiger partial charge is 0.375 e. The van der Waals surface area contributed by atoms with Crippen LogP contribution in [0, 0.1) is 17.1 Å². The lowest BCUT2D eigenvalue weighted by Crippen LogP contribution is -2.31. The first-order valence-corrected chi connectivity index (χ1v) is 5.42. The Morgan fingerprint density at radius 2 is 2.29 bits per heavy atom. The van der Waals surface area contributed by atoms with Crippen LogP contribution < -0.4 is 10.6 Å². The number of benzene rings is 1. The fourth-order valence-electron chi connectivity index (χ4n) is 1.45. The molecule has 2 rings (SSSR count). The summed E-state index contributed by atoms with van der Waals surface area (Å²) < 4.78 is 12.9. The summed E-state index contributed by atoms with van der Waals surface area (Å²) in [6.45, 7) is 0.0941. The van der Waals surface area contributed by atoms with E-state index in [1.807, 2.05) is 6.07 Å². The Hall–Kier alpha value is -2.09. The average Bonchev–Trinajstić information content (AvgIpc) is 3.11. The highest BCUT2D eigenvalue weighted by atomic mass is 19.1. The Kier molecular flexibility index (Phi) is 3.24. The second-order valence-electron chi connectivity index (χ2n) is 4.00. The van der Waals surface area contributed by atoms with Crippen LogP contribution in [0.4, 0.5) is 10.1 Å². The molecule has 1 amide bonds. The fraction of sp³-hybridized carbons (Fsp3) is 0.333. The molecule has 0 heterocycles. The number of hydrogen-bond acceptors (Lipinski definition) is 3. The molecule has 0 aliphatic heterocycles. The summed E-state index contributed by atoms with van der Waals surface area (Å²) in [6, 6.07) is 6.04. The smallest absolute Gasteiger partial charge is 0.239 e. The van der Waals surface area contributed by atoms with Gasteiger partial charge in [-0.25, -0.2) is 4.39 Å². The zero-order chi connectivity index (χ0) is 12.3. The maximum atomic E-state index is 12.9. The van der Waals surface area contributed by atoms with Gasteiger partial charge in [-0.2, -0.15) is 5.26 Å². The molecule has 1 aromatic rings. The summed E-state index contributed by atoms with van der Waals surface area (Å²) in [4.78, 5) is 11.4. The second kappa shape index (κ2) is 4.83. The van der Waals surface area contributed by atoms with Gasteiger partial charge < -0.3 is 10.6 Å². The quantitative estimate of drug-likeness (QED) is 0.825. The van der Waals surface area contributed by atoms with E-state index in [4.69, 9.17) is 5.26 Å².